The van der Waals surface area contributed by atoms with Gasteiger partial charge < -0.3 is 20.7 Å². The Balaban J connectivity index is 0.00000196. The molecule has 3 rings (SSSR count). The maximum absolute atomic E-state index is 14.6. The summed E-state index contributed by atoms with van der Waals surface area (Å²) in [5, 5.41) is 9.54. The fourth-order valence-corrected chi connectivity index (χ4v) is 3.14. The Morgan fingerprint density at radius 2 is 2.04 bits per heavy atom. The van der Waals surface area contributed by atoms with Crippen LogP contribution in [0.4, 0.5) is 15.8 Å². The first-order valence-electron chi connectivity index (χ1n) is 8.46. The molecule has 0 saturated carbocycles. The van der Waals surface area contributed by atoms with Crippen molar-refractivity contribution in [1.29, 1.82) is 0 Å². The van der Waals surface area contributed by atoms with Crippen molar-refractivity contribution in [3.63, 3.8) is 0 Å². The lowest BCUT2D eigenvalue weighted by Crippen LogP contribution is -2.25. The molecule has 0 spiro atoms. The molecular formula is C19H23Cl3FN3O2. The number of methoxy groups -OCH3 is 1. The summed E-state index contributed by atoms with van der Waals surface area (Å²) in [5.41, 5.74) is 2.57. The zero-order chi connectivity index (χ0) is 18.5. The maximum atomic E-state index is 14.6. The van der Waals surface area contributed by atoms with Gasteiger partial charge in [-0.2, -0.15) is 0 Å². The molecule has 9 heteroatoms. The highest BCUT2D eigenvalue weighted by Crippen LogP contribution is 2.28. The molecule has 3 N–H and O–H groups in total. The summed E-state index contributed by atoms with van der Waals surface area (Å²) in [6.45, 7) is 1.78. The van der Waals surface area contributed by atoms with E-state index in [-0.39, 0.29) is 48.6 Å². The quantitative estimate of drug-likeness (QED) is 0.610. The Hall–Kier alpha value is -1.73. The van der Waals surface area contributed by atoms with Gasteiger partial charge >= 0.3 is 0 Å². The first kappa shape index (κ1) is 24.3. The van der Waals surface area contributed by atoms with E-state index < -0.39 is 0 Å². The number of hydrogen-bond acceptors (Lipinski definition) is 4. The molecular weight excluding hydrogens is 428 g/mol. The van der Waals surface area contributed by atoms with Gasteiger partial charge in [-0.1, -0.05) is 17.7 Å². The molecule has 2 aromatic rings. The summed E-state index contributed by atoms with van der Waals surface area (Å²) >= 11 is 5.98. The van der Waals surface area contributed by atoms with E-state index in [0.29, 0.717) is 41.5 Å². The van der Waals surface area contributed by atoms with Gasteiger partial charge in [0, 0.05) is 24.5 Å². The zero-order valence-electron chi connectivity index (χ0n) is 15.3. The van der Waals surface area contributed by atoms with E-state index >= 15 is 0 Å². The summed E-state index contributed by atoms with van der Waals surface area (Å²) < 4.78 is 19.8. The van der Waals surface area contributed by atoms with Gasteiger partial charge in [-0.25, -0.2) is 4.39 Å². The van der Waals surface area contributed by atoms with Crippen molar-refractivity contribution in [2.75, 3.05) is 30.8 Å². The van der Waals surface area contributed by atoms with Crippen LogP contribution >= 0.6 is 36.4 Å². The number of halogens is 4. The molecule has 0 radical (unpaired) electrons. The number of ether oxygens (including phenoxy) is 1. The van der Waals surface area contributed by atoms with Gasteiger partial charge in [0.05, 0.1) is 18.5 Å². The molecule has 0 bridgehead atoms. The third-order valence-electron chi connectivity index (χ3n) is 4.31. The molecule has 1 aliphatic rings. The Labute approximate surface area is 181 Å². The third-order valence-corrected chi connectivity index (χ3v) is 4.55. The molecule has 0 aliphatic carbocycles. The third kappa shape index (κ3) is 5.88. The van der Waals surface area contributed by atoms with Crippen molar-refractivity contribution >= 4 is 53.7 Å². The van der Waals surface area contributed by atoms with E-state index in [1.165, 1.54) is 0 Å². The van der Waals surface area contributed by atoms with Crippen molar-refractivity contribution in [3.05, 3.63) is 52.3 Å². The number of hydrogen-bond donors (Lipinski definition) is 3. The lowest BCUT2D eigenvalue weighted by Gasteiger charge is -2.19. The average molecular weight is 451 g/mol. The van der Waals surface area contributed by atoms with Gasteiger partial charge in [0.15, 0.2) is 0 Å². The molecule has 154 valence electrons. The van der Waals surface area contributed by atoms with Crippen molar-refractivity contribution in [2.45, 2.75) is 19.4 Å². The van der Waals surface area contributed by atoms with Gasteiger partial charge in [-0.15, -0.1) is 24.8 Å². The standard InChI is InChI=1S/C19H21ClFN3O2.2ClH/c1-26-17-5-3-13(20)10-16(17)23-9-7-18(25)24-15-4-2-12-11-22-8-6-14(12)19(15)21;;/h2-5,10,22-23H,6-9,11H2,1H3,(H,24,25);2*1H. The van der Waals surface area contributed by atoms with E-state index in [1.54, 1.807) is 31.4 Å². The molecule has 0 unspecified atom stereocenters. The Morgan fingerprint density at radius 3 is 2.79 bits per heavy atom. The smallest absolute Gasteiger partial charge is 0.226 e. The second-order valence-electron chi connectivity index (χ2n) is 6.06. The van der Waals surface area contributed by atoms with Gasteiger partial charge in [-0.05, 0) is 48.4 Å². The van der Waals surface area contributed by atoms with E-state index in [4.69, 9.17) is 16.3 Å². The summed E-state index contributed by atoms with van der Waals surface area (Å²) in [6, 6.07) is 8.69. The zero-order valence-corrected chi connectivity index (χ0v) is 17.7. The minimum atomic E-state index is -0.332. The van der Waals surface area contributed by atoms with Crippen molar-refractivity contribution in [2.24, 2.45) is 0 Å². The highest BCUT2D eigenvalue weighted by molar-refractivity contribution is 6.30. The first-order valence-corrected chi connectivity index (χ1v) is 8.84. The van der Waals surface area contributed by atoms with Crippen LogP contribution in [0.1, 0.15) is 17.5 Å². The molecule has 0 atom stereocenters. The maximum Gasteiger partial charge on any atom is 0.226 e. The van der Waals surface area contributed by atoms with E-state index in [9.17, 15) is 9.18 Å². The molecule has 2 aromatic carbocycles. The second-order valence-corrected chi connectivity index (χ2v) is 6.50. The molecule has 0 fully saturated rings. The predicted molar refractivity (Wildman–Crippen MR) is 116 cm³/mol. The molecule has 5 nitrogen and oxygen atoms in total. The number of carbonyl (C=O) groups is 1. The second kappa shape index (κ2) is 11.3. The summed E-state index contributed by atoms with van der Waals surface area (Å²) in [4.78, 5) is 12.2. The van der Waals surface area contributed by atoms with Crippen LogP contribution in [0.5, 0.6) is 5.75 Å². The summed E-state index contributed by atoms with van der Waals surface area (Å²) in [7, 11) is 1.56. The number of nitrogens with one attached hydrogen (secondary N) is 3. The van der Waals surface area contributed by atoms with Crippen LogP contribution in [-0.2, 0) is 17.8 Å². The minimum absolute atomic E-state index is 0. The largest absolute Gasteiger partial charge is 0.495 e. The van der Waals surface area contributed by atoms with E-state index in [2.05, 4.69) is 16.0 Å². The van der Waals surface area contributed by atoms with Crippen molar-refractivity contribution in [3.8, 4) is 5.75 Å². The highest BCUT2D eigenvalue weighted by atomic mass is 35.5. The van der Waals surface area contributed by atoms with Gasteiger partial charge in [0.1, 0.15) is 11.6 Å². The van der Waals surface area contributed by atoms with Crippen LogP contribution in [0.25, 0.3) is 0 Å². The number of rotatable bonds is 6. The van der Waals surface area contributed by atoms with Crippen LogP contribution in [0.3, 0.4) is 0 Å². The Bertz CT molecular complexity index is 821. The predicted octanol–water partition coefficient (Wildman–Crippen LogP) is 4.42. The molecule has 1 heterocycles. The lowest BCUT2D eigenvalue weighted by atomic mass is 9.99. The molecule has 1 amide bonds. The highest BCUT2D eigenvalue weighted by Gasteiger charge is 2.17. The summed E-state index contributed by atoms with van der Waals surface area (Å²) in [5.74, 6) is 0.0530. The minimum Gasteiger partial charge on any atom is -0.495 e. The number of benzene rings is 2. The van der Waals surface area contributed by atoms with Crippen molar-refractivity contribution < 1.29 is 13.9 Å². The van der Waals surface area contributed by atoms with Gasteiger partial charge in [-0.3, -0.25) is 4.79 Å². The van der Waals surface area contributed by atoms with Gasteiger partial charge in [0.25, 0.3) is 0 Å². The van der Waals surface area contributed by atoms with Crippen LogP contribution < -0.4 is 20.7 Å². The number of carbonyl (C=O) groups excluding carboxylic acids is 1. The van der Waals surface area contributed by atoms with E-state index in [1.807, 2.05) is 6.07 Å². The average Bonchev–Trinajstić information content (AvgIpc) is 2.64. The molecule has 0 aromatic heterocycles. The van der Waals surface area contributed by atoms with Crippen LogP contribution in [0, 0.1) is 5.82 Å². The Morgan fingerprint density at radius 1 is 1.25 bits per heavy atom. The normalized spacial score (nSPS) is 12.1. The fraction of sp³-hybridized carbons (Fsp3) is 0.316. The molecule has 28 heavy (non-hydrogen) atoms. The SMILES string of the molecule is COc1ccc(Cl)cc1NCCC(=O)Nc1ccc2c(c1F)CCNC2.Cl.Cl. The van der Waals surface area contributed by atoms with Crippen LogP contribution in [0.2, 0.25) is 5.02 Å². The van der Waals surface area contributed by atoms with Crippen molar-refractivity contribution in [1.82, 2.24) is 5.32 Å². The topological polar surface area (TPSA) is 62.4 Å². The van der Waals surface area contributed by atoms with Crippen LogP contribution in [-0.4, -0.2) is 26.1 Å². The summed E-state index contributed by atoms with van der Waals surface area (Å²) in [6.07, 6.45) is 0.814. The van der Waals surface area contributed by atoms with E-state index in [0.717, 1.165) is 12.1 Å². The monoisotopic (exact) mass is 449 g/mol. The van der Waals surface area contributed by atoms with Gasteiger partial charge in [0.2, 0.25) is 5.91 Å². The Kier molecular flexibility index (Phi) is 9.82. The van der Waals surface area contributed by atoms with Crippen LogP contribution in [0.15, 0.2) is 30.3 Å². The number of anilines is 2. The molecule has 1 aliphatic heterocycles. The number of fused-ring (bicyclic) bond motifs is 1. The molecule has 0 saturated heterocycles. The first-order chi connectivity index (χ1) is 12.6. The fourth-order valence-electron chi connectivity index (χ4n) is 2.97. The number of amides is 1. The lowest BCUT2D eigenvalue weighted by molar-refractivity contribution is -0.116.